The molecule has 2 heterocycles. The SMILES string of the molecule is COc1ccc(NC(=O)c2cnn3c(C(F)F)cc(-c4ccccc4)nc23)cc1OC. The van der Waals surface area contributed by atoms with Crippen molar-refractivity contribution in [3.8, 4) is 22.8 Å². The molecule has 0 aliphatic carbocycles. The summed E-state index contributed by atoms with van der Waals surface area (Å²) in [6.07, 6.45) is -1.58. The number of fused-ring (bicyclic) bond motifs is 1. The summed E-state index contributed by atoms with van der Waals surface area (Å²) in [6, 6.07) is 15.0. The Labute approximate surface area is 176 Å². The minimum Gasteiger partial charge on any atom is -0.493 e. The molecule has 0 atom stereocenters. The molecule has 0 aliphatic heterocycles. The summed E-state index contributed by atoms with van der Waals surface area (Å²) in [4.78, 5) is 17.3. The Morgan fingerprint density at radius 2 is 1.77 bits per heavy atom. The zero-order valence-corrected chi connectivity index (χ0v) is 16.7. The van der Waals surface area contributed by atoms with Gasteiger partial charge in [-0.1, -0.05) is 30.3 Å². The van der Waals surface area contributed by atoms with Crippen molar-refractivity contribution in [1.82, 2.24) is 14.6 Å². The van der Waals surface area contributed by atoms with E-state index in [2.05, 4.69) is 15.4 Å². The van der Waals surface area contributed by atoms with Crippen LogP contribution in [-0.2, 0) is 0 Å². The van der Waals surface area contributed by atoms with Gasteiger partial charge >= 0.3 is 0 Å². The molecule has 0 aliphatic rings. The maximum absolute atomic E-state index is 13.7. The Balaban J connectivity index is 1.75. The number of halogens is 2. The Morgan fingerprint density at radius 1 is 1.03 bits per heavy atom. The van der Waals surface area contributed by atoms with Crippen LogP contribution in [0.4, 0.5) is 14.5 Å². The first-order valence-corrected chi connectivity index (χ1v) is 9.27. The van der Waals surface area contributed by atoms with Crippen LogP contribution in [0.2, 0.25) is 0 Å². The molecule has 0 bridgehead atoms. The summed E-state index contributed by atoms with van der Waals surface area (Å²) in [5.74, 6) is 0.400. The van der Waals surface area contributed by atoms with Crippen molar-refractivity contribution < 1.29 is 23.0 Å². The monoisotopic (exact) mass is 424 g/mol. The number of alkyl halides is 2. The smallest absolute Gasteiger partial charge is 0.280 e. The van der Waals surface area contributed by atoms with Crippen LogP contribution in [-0.4, -0.2) is 34.7 Å². The van der Waals surface area contributed by atoms with Gasteiger partial charge in [-0.2, -0.15) is 5.10 Å². The molecule has 1 amide bonds. The highest BCUT2D eigenvalue weighted by Crippen LogP contribution is 2.31. The second-order valence-electron chi connectivity index (χ2n) is 6.55. The second-order valence-corrected chi connectivity index (χ2v) is 6.55. The normalized spacial score (nSPS) is 11.0. The third-order valence-electron chi connectivity index (χ3n) is 4.68. The third kappa shape index (κ3) is 3.89. The average Bonchev–Trinajstić information content (AvgIpc) is 3.23. The van der Waals surface area contributed by atoms with Gasteiger partial charge in [0.25, 0.3) is 12.3 Å². The van der Waals surface area contributed by atoms with Gasteiger partial charge in [-0.15, -0.1) is 0 Å². The number of nitrogens with zero attached hydrogens (tertiary/aromatic N) is 3. The van der Waals surface area contributed by atoms with Crippen LogP contribution in [0, 0.1) is 0 Å². The van der Waals surface area contributed by atoms with E-state index < -0.39 is 12.3 Å². The van der Waals surface area contributed by atoms with Crippen molar-refractivity contribution in [3.63, 3.8) is 0 Å². The van der Waals surface area contributed by atoms with Crippen molar-refractivity contribution >= 4 is 17.2 Å². The molecule has 9 heteroatoms. The predicted molar refractivity (Wildman–Crippen MR) is 111 cm³/mol. The van der Waals surface area contributed by atoms with Gasteiger partial charge < -0.3 is 14.8 Å². The molecule has 7 nitrogen and oxygen atoms in total. The molecule has 2 aromatic heterocycles. The molecule has 0 spiro atoms. The summed E-state index contributed by atoms with van der Waals surface area (Å²) < 4.78 is 38.8. The molecule has 4 rings (SSSR count). The Bertz CT molecular complexity index is 1240. The van der Waals surface area contributed by atoms with Gasteiger partial charge in [-0.05, 0) is 18.2 Å². The lowest BCUT2D eigenvalue weighted by Crippen LogP contribution is -2.13. The lowest BCUT2D eigenvalue weighted by Gasteiger charge is -2.11. The summed E-state index contributed by atoms with van der Waals surface area (Å²) in [6.45, 7) is 0. The van der Waals surface area contributed by atoms with E-state index in [1.807, 2.05) is 6.07 Å². The number of ether oxygens (including phenoxy) is 2. The summed E-state index contributed by atoms with van der Waals surface area (Å²) in [5, 5.41) is 6.68. The molecule has 2 aromatic carbocycles. The fourth-order valence-electron chi connectivity index (χ4n) is 3.17. The van der Waals surface area contributed by atoms with E-state index in [9.17, 15) is 13.6 Å². The number of amides is 1. The van der Waals surface area contributed by atoms with Gasteiger partial charge in [0.05, 0.1) is 26.1 Å². The number of anilines is 1. The van der Waals surface area contributed by atoms with Gasteiger partial charge in [0.1, 0.15) is 11.3 Å². The van der Waals surface area contributed by atoms with Crippen LogP contribution < -0.4 is 14.8 Å². The molecular formula is C22H18F2N4O3. The van der Waals surface area contributed by atoms with Gasteiger partial charge in [0.2, 0.25) is 0 Å². The van der Waals surface area contributed by atoms with Crippen LogP contribution in [0.1, 0.15) is 22.5 Å². The van der Waals surface area contributed by atoms with Gasteiger partial charge in [0.15, 0.2) is 17.1 Å². The first-order chi connectivity index (χ1) is 15.0. The predicted octanol–water partition coefficient (Wildman–Crippen LogP) is 4.60. The highest BCUT2D eigenvalue weighted by molar-refractivity contribution is 6.08. The number of aromatic nitrogens is 3. The second kappa shape index (κ2) is 8.39. The fourth-order valence-corrected chi connectivity index (χ4v) is 3.17. The molecule has 0 unspecified atom stereocenters. The minimum absolute atomic E-state index is 0.0367. The molecule has 0 radical (unpaired) electrons. The molecule has 0 saturated carbocycles. The van der Waals surface area contributed by atoms with Gasteiger partial charge in [0, 0.05) is 17.3 Å². The molecule has 1 N–H and O–H groups in total. The van der Waals surface area contributed by atoms with Crippen molar-refractivity contribution in [3.05, 3.63) is 72.1 Å². The van der Waals surface area contributed by atoms with Crippen molar-refractivity contribution in [2.75, 3.05) is 19.5 Å². The summed E-state index contributed by atoms with van der Waals surface area (Å²) in [5.41, 5.74) is 1.16. The van der Waals surface area contributed by atoms with Crippen LogP contribution in [0.15, 0.2) is 60.8 Å². The zero-order valence-electron chi connectivity index (χ0n) is 16.7. The van der Waals surface area contributed by atoms with E-state index in [0.717, 1.165) is 4.52 Å². The Kier molecular flexibility index (Phi) is 5.48. The highest BCUT2D eigenvalue weighted by atomic mass is 19.3. The Hall–Kier alpha value is -4.01. The molecule has 158 valence electrons. The Morgan fingerprint density at radius 3 is 2.45 bits per heavy atom. The molecule has 0 saturated heterocycles. The van der Waals surface area contributed by atoms with E-state index >= 15 is 0 Å². The van der Waals surface area contributed by atoms with Crippen molar-refractivity contribution in [2.45, 2.75) is 6.43 Å². The maximum Gasteiger partial charge on any atom is 0.280 e. The number of hydrogen-bond acceptors (Lipinski definition) is 5. The maximum atomic E-state index is 13.7. The number of carbonyl (C=O) groups is 1. The van der Waals surface area contributed by atoms with Crippen LogP contribution >= 0.6 is 0 Å². The van der Waals surface area contributed by atoms with E-state index in [1.54, 1.807) is 42.5 Å². The van der Waals surface area contributed by atoms with Gasteiger partial charge in [-0.25, -0.2) is 18.3 Å². The summed E-state index contributed by atoms with van der Waals surface area (Å²) in [7, 11) is 2.99. The van der Waals surface area contributed by atoms with Gasteiger partial charge in [-0.3, -0.25) is 4.79 Å². The highest BCUT2D eigenvalue weighted by Gasteiger charge is 2.22. The lowest BCUT2D eigenvalue weighted by atomic mass is 10.1. The van der Waals surface area contributed by atoms with E-state index in [-0.39, 0.29) is 16.9 Å². The topological polar surface area (TPSA) is 77.8 Å². The van der Waals surface area contributed by atoms with E-state index in [1.165, 1.54) is 26.5 Å². The largest absolute Gasteiger partial charge is 0.493 e. The van der Waals surface area contributed by atoms with Crippen LogP contribution in [0.25, 0.3) is 16.9 Å². The zero-order chi connectivity index (χ0) is 22.0. The molecule has 0 fully saturated rings. The van der Waals surface area contributed by atoms with Crippen molar-refractivity contribution in [2.24, 2.45) is 0 Å². The van der Waals surface area contributed by atoms with Crippen LogP contribution in [0.5, 0.6) is 11.5 Å². The molecule has 31 heavy (non-hydrogen) atoms. The lowest BCUT2D eigenvalue weighted by molar-refractivity contribution is 0.102. The number of methoxy groups -OCH3 is 2. The summed E-state index contributed by atoms with van der Waals surface area (Å²) >= 11 is 0. The minimum atomic E-state index is -2.80. The van der Waals surface area contributed by atoms with Crippen molar-refractivity contribution in [1.29, 1.82) is 0 Å². The molecule has 4 aromatic rings. The average molecular weight is 424 g/mol. The standard InChI is InChI=1S/C22H18F2N4O3/c1-30-18-9-8-14(10-19(18)31-2)26-22(29)15-12-25-28-17(20(23)24)11-16(27-21(15)28)13-6-4-3-5-7-13/h3-12,20H,1-2H3,(H,26,29). The molecular weight excluding hydrogens is 406 g/mol. The quantitative estimate of drug-likeness (QED) is 0.489. The van der Waals surface area contributed by atoms with E-state index in [0.29, 0.717) is 28.4 Å². The number of hydrogen-bond donors (Lipinski definition) is 1. The first-order valence-electron chi connectivity index (χ1n) is 9.27. The first kappa shape index (κ1) is 20.3. The number of nitrogens with one attached hydrogen (secondary N) is 1. The van der Waals surface area contributed by atoms with Crippen LogP contribution in [0.3, 0.4) is 0 Å². The fraction of sp³-hybridized carbons (Fsp3) is 0.136. The number of benzene rings is 2. The number of carbonyl (C=O) groups excluding carboxylic acids is 1. The number of rotatable bonds is 6. The van der Waals surface area contributed by atoms with E-state index in [4.69, 9.17) is 9.47 Å². The third-order valence-corrected chi connectivity index (χ3v) is 4.68.